The highest BCUT2D eigenvalue weighted by molar-refractivity contribution is 5.96. The third-order valence-corrected chi connectivity index (χ3v) is 10.8. The van der Waals surface area contributed by atoms with E-state index in [1.54, 1.807) is 6.92 Å². The Hall–Kier alpha value is -2.96. The normalized spacial score (nSPS) is 35.2. The van der Waals surface area contributed by atoms with Crippen molar-refractivity contribution in [3.63, 3.8) is 0 Å². The van der Waals surface area contributed by atoms with Crippen molar-refractivity contribution in [3.05, 3.63) is 47.5 Å². The van der Waals surface area contributed by atoms with Crippen LogP contribution >= 0.6 is 0 Å². The van der Waals surface area contributed by atoms with E-state index in [9.17, 15) is 19.5 Å². The number of carboxylic acids is 1. The molecule has 7 atom stereocenters. The van der Waals surface area contributed by atoms with Crippen LogP contribution in [0.15, 0.2) is 47.1 Å². The Morgan fingerprint density at radius 2 is 1.82 bits per heavy atom. The summed E-state index contributed by atoms with van der Waals surface area (Å²) < 4.78 is 0. The average molecular weight is 535 g/mol. The summed E-state index contributed by atoms with van der Waals surface area (Å²) in [5.41, 5.74) is 3.46. The van der Waals surface area contributed by atoms with Crippen LogP contribution in [-0.4, -0.2) is 41.1 Å². The van der Waals surface area contributed by atoms with Crippen molar-refractivity contribution in [2.24, 2.45) is 39.7 Å². The number of nitrogens with one attached hydrogen (secondary N) is 1. The smallest absolute Gasteiger partial charge is 0.326 e. The first-order valence-electron chi connectivity index (χ1n) is 14.6. The van der Waals surface area contributed by atoms with Crippen molar-refractivity contribution in [2.45, 2.75) is 84.6 Å². The maximum Gasteiger partial charge on any atom is 0.326 e. The average Bonchev–Trinajstić information content (AvgIpc) is 3.26. The molecule has 0 bridgehead atoms. The molecule has 4 aliphatic carbocycles. The lowest BCUT2D eigenvalue weighted by atomic mass is 9.46. The zero-order valence-corrected chi connectivity index (χ0v) is 23.4. The second kappa shape index (κ2) is 10.9. The van der Waals surface area contributed by atoms with Crippen molar-refractivity contribution >= 4 is 23.4 Å². The number of rotatable bonds is 8. The van der Waals surface area contributed by atoms with Gasteiger partial charge in [0.05, 0.1) is 5.71 Å². The quantitative estimate of drug-likeness (QED) is 0.438. The first-order valence-corrected chi connectivity index (χ1v) is 14.6. The second-order valence-corrected chi connectivity index (χ2v) is 12.8. The fraction of sp³-hybridized carbons (Fsp3) is 0.625. The third-order valence-electron chi connectivity index (χ3n) is 10.8. The standard InChI is InChI=1S/C32H42N2O5/c1-20(35)25-11-12-26-24-10-9-22-18-23(13-15-31(22,2)27(24)14-16-32(25,26)3)34-39-19-29(36)33-28(30(37)38)17-21-7-5-4-6-8-21/h4-8,18,24-28H,9-17,19H2,1-3H3,(H,33,36)(H,37,38)/t24-,25-,26+,27+,28+,31-,32+/m0/s1. The number of aliphatic carboxylic acids is 1. The minimum atomic E-state index is -1.08. The molecule has 0 saturated heterocycles. The predicted molar refractivity (Wildman–Crippen MR) is 149 cm³/mol. The molecule has 3 fully saturated rings. The lowest BCUT2D eigenvalue weighted by Crippen LogP contribution is -2.51. The van der Waals surface area contributed by atoms with Crippen LogP contribution in [0.4, 0.5) is 0 Å². The highest BCUT2D eigenvalue weighted by Gasteiger charge is 2.59. The van der Waals surface area contributed by atoms with Gasteiger partial charge in [-0.3, -0.25) is 9.59 Å². The Bertz CT molecular complexity index is 1180. The van der Waals surface area contributed by atoms with E-state index < -0.39 is 17.9 Å². The maximum absolute atomic E-state index is 12.4. The number of carbonyl (C=O) groups excluding carboxylic acids is 2. The number of carboxylic acid groups (broad SMARTS) is 1. The van der Waals surface area contributed by atoms with E-state index in [-0.39, 0.29) is 29.8 Å². The van der Waals surface area contributed by atoms with E-state index in [0.29, 0.717) is 23.5 Å². The summed E-state index contributed by atoms with van der Waals surface area (Å²) in [6.45, 7) is 6.29. The molecule has 2 N–H and O–H groups in total. The van der Waals surface area contributed by atoms with Crippen molar-refractivity contribution < 1.29 is 24.3 Å². The van der Waals surface area contributed by atoms with Crippen LogP contribution in [0, 0.1) is 34.5 Å². The van der Waals surface area contributed by atoms with Gasteiger partial charge in [-0.05, 0) is 98.5 Å². The number of fused-ring (bicyclic) bond motifs is 5. The molecule has 0 aromatic heterocycles. The first-order chi connectivity index (χ1) is 18.6. The molecule has 3 saturated carbocycles. The van der Waals surface area contributed by atoms with Crippen molar-refractivity contribution in [1.82, 2.24) is 5.32 Å². The number of hydrogen-bond donors (Lipinski definition) is 2. The molecule has 1 aromatic carbocycles. The first kappa shape index (κ1) is 27.6. The Balaban J connectivity index is 1.19. The van der Waals surface area contributed by atoms with Crippen LogP contribution in [0.25, 0.3) is 0 Å². The van der Waals surface area contributed by atoms with Gasteiger partial charge in [-0.1, -0.05) is 54.9 Å². The number of allylic oxidation sites excluding steroid dienone is 2. The van der Waals surface area contributed by atoms with Gasteiger partial charge in [-0.2, -0.15) is 0 Å². The highest BCUT2D eigenvalue weighted by atomic mass is 16.6. The molecule has 0 unspecified atom stereocenters. The number of benzene rings is 1. The molecule has 1 aromatic rings. The van der Waals surface area contributed by atoms with Crippen molar-refractivity contribution in [3.8, 4) is 0 Å². The van der Waals surface area contributed by atoms with Gasteiger partial charge < -0.3 is 15.3 Å². The summed E-state index contributed by atoms with van der Waals surface area (Å²) >= 11 is 0. The van der Waals surface area contributed by atoms with Gasteiger partial charge in [0, 0.05) is 12.3 Å². The Labute approximate surface area is 231 Å². The lowest BCUT2D eigenvalue weighted by Gasteiger charge is -2.58. The summed E-state index contributed by atoms with van der Waals surface area (Å²) in [6, 6.07) is 8.21. The molecular formula is C32H42N2O5. The topological polar surface area (TPSA) is 105 Å². The fourth-order valence-electron chi connectivity index (χ4n) is 8.77. The zero-order valence-electron chi connectivity index (χ0n) is 23.4. The van der Waals surface area contributed by atoms with E-state index in [1.807, 2.05) is 30.3 Å². The van der Waals surface area contributed by atoms with Crippen LogP contribution in [0.2, 0.25) is 0 Å². The van der Waals surface area contributed by atoms with Crippen LogP contribution in [0.1, 0.15) is 77.7 Å². The number of ketones is 1. The van der Waals surface area contributed by atoms with Crippen LogP contribution < -0.4 is 5.32 Å². The molecule has 210 valence electrons. The molecule has 0 aliphatic heterocycles. The molecule has 4 aliphatic rings. The van der Waals surface area contributed by atoms with Crippen LogP contribution in [0.5, 0.6) is 0 Å². The third kappa shape index (κ3) is 5.29. The molecule has 7 heteroatoms. The van der Waals surface area contributed by atoms with Crippen molar-refractivity contribution in [2.75, 3.05) is 6.61 Å². The van der Waals surface area contributed by atoms with Gasteiger partial charge in [0.25, 0.3) is 5.91 Å². The van der Waals surface area contributed by atoms with Gasteiger partial charge in [-0.25, -0.2) is 4.79 Å². The Morgan fingerprint density at radius 3 is 2.54 bits per heavy atom. The van der Waals surface area contributed by atoms with Gasteiger partial charge >= 0.3 is 5.97 Å². The van der Waals surface area contributed by atoms with E-state index in [0.717, 1.165) is 43.4 Å². The van der Waals surface area contributed by atoms with Gasteiger partial charge in [0.1, 0.15) is 11.8 Å². The summed E-state index contributed by atoms with van der Waals surface area (Å²) in [7, 11) is 0. The van der Waals surface area contributed by atoms with Gasteiger partial charge in [0.15, 0.2) is 6.61 Å². The molecule has 1 amide bonds. The summed E-state index contributed by atoms with van der Waals surface area (Å²) in [5.74, 6) is 1.01. The number of amides is 1. The molecule has 39 heavy (non-hydrogen) atoms. The summed E-state index contributed by atoms with van der Waals surface area (Å²) in [4.78, 5) is 41.8. The maximum atomic E-state index is 12.4. The van der Waals surface area contributed by atoms with E-state index >= 15 is 0 Å². The van der Waals surface area contributed by atoms with E-state index in [4.69, 9.17) is 4.84 Å². The van der Waals surface area contributed by atoms with Crippen LogP contribution in [0.3, 0.4) is 0 Å². The summed E-state index contributed by atoms with van der Waals surface area (Å²) in [5, 5.41) is 16.3. The zero-order chi connectivity index (χ0) is 27.8. The number of hydrogen-bond acceptors (Lipinski definition) is 5. The molecule has 7 nitrogen and oxygen atoms in total. The molecule has 0 spiro atoms. The highest BCUT2D eigenvalue weighted by Crippen LogP contribution is 2.66. The monoisotopic (exact) mass is 534 g/mol. The Kier molecular flexibility index (Phi) is 7.71. The fourth-order valence-corrected chi connectivity index (χ4v) is 8.77. The minimum absolute atomic E-state index is 0.154. The number of oxime groups is 1. The number of nitrogens with zero attached hydrogens (tertiary/aromatic N) is 1. The minimum Gasteiger partial charge on any atom is -0.480 e. The Morgan fingerprint density at radius 1 is 1.05 bits per heavy atom. The molecule has 0 radical (unpaired) electrons. The van der Waals surface area contributed by atoms with Crippen LogP contribution in [-0.2, 0) is 25.6 Å². The molecule has 5 rings (SSSR count). The molecule has 0 heterocycles. The SMILES string of the molecule is CC(=O)[C@@H]1CC[C@@H]2[C@@H]3CCC4=CC(=NOCC(=O)N[C@H](Cc5ccccc5)C(=O)O)CC[C@]4(C)[C@@H]3CC[C@@]21C. The second-order valence-electron chi connectivity index (χ2n) is 12.8. The van der Waals surface area contributed by atoms with Gasteiger partial charge in [-0.15, -0.1) is 0 Å². The van der Waals surface area contributed by atoms with E-state index in [1.165, 1.54) is 24.8 Å². The predicted octanol–water partition coefficient (Wildman–Crippen LogP) is 5.34. The number of carbonyl (C=O) groups is 3. The van der Waals surface area contributed by atoms with Crippen molar-refractivity contribution in [1.29, 1.82) is 0 Å². The summed E-state index contributed by atoms with van der Waals surface area (Å²) in [6.07, 6.45) is 11.0. The lowest BCUT2D eigenvalue weighted by molar-refractivity contribution is -0.142. The van der Waals surface area contributed by atoms with E-state index in [2.05, 4.69) is 30.4 Å². The number of Topliss-reactive ketones (excluding diaryl/α,β-unsaturated/α-hetero) is 1. The molecular weight excluding hydrogens is 492 g/mol. The largest absolute Gasteiger partial charge is 0.480 e. The van der Waals surface area contributed by atoms with Gasteiger partial charge in [0.2, 0.25) is 0 Å².